The second kappa shape index (κ2) is 12.3. The van der Waals surface area contributed by atoms with Crippen LogP contribution in [0.3, 0.4) is 0 Å². The second-order valence-corrected chi connectivity index (χ2v) is 8.76. The molecule has 35 heavy (non-hydrogen) atoms. The summed E-state index contributed by atoms with van der Waals surface area (Å²) in [7, 11) is 1.48. The average Bonchev–Trinajstić information content (AvgIpc) is 3.01. The average molecular weight is 505 g/mol. The van der Waals surface area contributed by atoms with Gasteiger partial charge in [0.05, 0.1) is 39.9 Å². The molecule has 0 atom stereocenters. The molecule has 0 fully saturated rings. The molecule has 0 spiro atoms. The van der Waals surface area contributed by atoms with Crippen molar-refractivity contribution < 1.29 is 37.0 Å². The number of anilines is 1. The van der Waals surface area contributed by atoms with Gasteiger partial charge in [-0.05, 0) is 46.6 Å². The topological polar surface area (TPSA) is 166 Å². The van der Waals surface area contributed by atoms with Crippen molar-refractivity contribution in [1.82, 2.24) is 0 Å². The summed E-state index contributed by atoms with van der Waals surface area (Å²) in [6.45, 7) is 0. The molecule has 0 radical (unpaired) electrons. The Hall–Kier alpha value is -4.22. The molecule has 0 saturated heterocycles. The molecule has 1 N–H and O–H groups in total. The molecule has 0 bridgehead atoms. The number of rotatable bonds is 9. The summed E-state index contributed by atoms with van der Waals surface area (Å²) in [5, 5.41) is 6.49. The van der Waals surface area contributed by atoms with Gasteiger partial charge in [-0.2, -0.15) is 0 Å². The Morgan fingerprint density at radius 2 is 1.91 bits per heavy atom. The summed E-state index contributed by atoms with van der Waals surface area (Å²) in [5.74, 6) is -0.466. The van der Waals surface area contributed by atoms with Crippen LogP contribution < -0.4 is 10.1 Å². The van der Waals surface area contributed by atoms with Crippen LogP contribution in [-0.2, 0) is 34.6 Å². The molecule has 2 amide bonds. The van der Waals surface area contributed by atoms with E-state index < -0.39 is 27.6 Å². The lowest BCUT2D eigenvalue weighted by molar-refractivity contribution is -0.114. The first-order chi connectivity index (χ1) is 16.7. The van der Waals surface area contributed by atoms with Crippen molar-refractivity contribution in [2.24, 2.45) is 5.11 Å². The molecule has 1 aliphatic carbocycles. The molecule has 2 rings (SSSR count). The first-order valence-corrected chi connectivity index (χ1v) is 11.6. The van der Waals surface area contributed by atoms with Crippen LogP contribution in [0.15, 0.2) is 69.6 Å². The summed E-state index contributed by atoms with van der Waals surface area (Å²) in [4.78, 5) is 26.5. The fourth-order valence-electron chi connectivity index (χ4n) is 3.08. The highest BCUT2D eigenvalue weighted by Crippen LogP contribution is 2.29. The van der Waals surface area contributed by atoms with Gasteiger partial charge in [0.25, 0.3) is 0 Å². The maximum absolute atomic E-state index is 12.9. The van der Waals surface area contributed by atoms with Gasteiger partial charge in [-0.3, -0.25) is 10.1 Å². The number of sulfone groups is 1. The lowest BCUT2D eigenvalue weighted by Gasteiger charge is -2.12. The minimum Gasteiger partial charge on any atom is -0.500 e. The minimum atomic E-state index is -3.87. The minimum absolute atomic E-state index is 0.0919. The summed E-state index contributed by atoms with van der Waals surface area (Å²) in [5.41, 5.74) is 9.30. The number of allylic oxidation sites excluding steroid dienone is 3. The number of benzene rings is 1. The third-order valence-corrected chi connectivity index (χ3v) is 6.00. The van der Waals surface area contributed by atoms with E-state index in [1.54, 1.807) is 6.08 Å². The number of carbonyl (C=O) groups is 2. The number of azide groups is 1. The Kier molecular flexibility index (Phi) is 9.50. The van der Waals surface area contributed by atoms with E-state index in [2.05, 4.69) is 20.1 Å². The number of methoxy groups -OCH3 is 4. The Balaban J connectivity index is 2.42. The van der Waals surface area contributed by atoms with Gasteiger partial charge in [-0.25, -0.2) is 13.2 Å². The summed E-state index contributed by atoms with van der Waals surface area (Å²) in [6.07, 6.45) is 3.62. The normalized spacial score (nSPS) is 13.7. The Bertz CT molecular complexity index is 1270. The molecule has 1 aromatic carbocycles. The molecule has 1 aliphatic rings. The van der Waals surface area contributed by atoms with Crippen LogP contribution in [0.4, 0.5) is 10.5 Å². The number of nitrogens with zero attached hydrogens (tertiary/aromatic N) is 3. The van der Waals surface area contributed by atoms with Gasteiger partial charge in [-0.15, -0.1) is 0 Å². The Labute approximate surface area is 202 Å². The van der Waals surface area contributed by atoms with E-state index >= 15 is 0 Å². The highest BCUT2D eigenvalue weighted by atomic mass is 32.2. The predicted molar refractivity (Wildman–Crippen MR) is 127 cm³/mol. The molecule has 1 aromatic rings. The second-order valence-electron chi connectivity index (χ2n) is 6.87. The third-order valence-electron chi connectivity index (χ3n) is 4.71. The predicted octanol–water partition coefficient (Wildman–Crippen LogP) is 3.90. The lowest BCUT2D eigenvalue weighted by atomic mass is 10.0. The standard InChI is InChI=1S/C22H24N4O8S/c1-31-15-6-8-19(32-2)16(17(12-15)21(27)25-26-23)9-10-35(29,30)13-14-5-7-20(33-3)18(11-14)24-22(28)34-4/h5-7,9-12H,8,13H2,1-4H3,(H,24,28)/b10-9+. The van der Waals surface area contributed by atoms with E-state index in [1.807, 2.05) is 0 Å². The first-order valence-electron chi connectivity index (χ1n) is 9.93. The van der Waals surface area contributed by atoms with Crippen LogP contribution in [0.5, 0.6) is 5.75 Å². The monoisotopic (exact) mass is 504 g/mol. The van der Waals surface area contributed by atoms with Gasteiger partial charge in [0.1, 0.15) is 17.3 Å². The van der Waals surface area contributed by atoms with Crippen LogP contribution in [0.25, 0.3) is 10.4 Å². The molecule has 0 saturated carbocycles. The number of nitrogens with one attached hydrogen (secondary N) is 1. The molecule has 0 aliphatic heterocycles. The smallest absolute Gasteiger partial charge is 0.411 e. The van der Waals surface area contributed by atoms with E-state index in [4.69, 9.17) is 19.7 Å². The summed E-state index contributed by atoms with van der Waals surface area (Å²) < 4.78 is 46.0. The Morgan fingerprint density at radius 1 is 1.17 bits per heavy atom. The first kappa shape index (κ1) is 27.0. The van der Waals surface area contributed by atoms with E-state index in [-0.39, 0.29) is 29.0 Å². The molecule has 12 nitrogen and oxygen atoms in total. The molecular formula is C22H24N4O8S. The molecule has 186 valence electrons. The fraction of sp³-hybridized carbons (Fsp3) is 0.273. The van der Waals surface area contributed by atoms with Crippen molar-refractivity contribution in [3.8, 4) is 5.75 Å². The van der Waals surface area contributed by atoms with E-state index in [9.17, 15) is 18.0 Å². The molecule has 0 unspecified atom stereocenters. The van der Waals surface area contributed by atoms with Gasteiger partial charge < -0.3 is 18.9 Å². The number of carbonyl (C=O) groups excluding carboxylic acids is 2. The van der Waals surface area contributed by atoms with Crippen LogP contribution in [0.2, 0.25) is 0 Å². The zero-order valence-corrected chi connectivity index (χ0v) is 20.3. The number of ether oxygens (including phenoxy) is 4. The van der Waals surface area contributed by atoms with Crippen LogP contribution in [0.1, 0.15) is 12.0 Å². The van der Waals surface area contributed by atoms with Gasteiger partial charge in [0, 0.05) is 27.9 Å². The number of hydrogen-bond acceptors (Lipinski definition) is 8. The van der Waals surface area contributed by atoms with Gasteiger partial charge >= 0.3 is 6.09 Å². The molecule has 13 heteroatoms. The fourth-order valence-corrected chi connectivity index (χ4v) is 4.16. The number of amides is 2. The lowest BCUT2D eigenvalue weighted by Crippen LogP contribution is -2.12. The van der Waals surface area contributed by atoms with Gasteiger partial charge in [0.15, 0.2) is 9.84 Å². The molecule has 0 aromatic heterocycles. The van der Waals surface area contributed by atoms with Crippen LogP contribution in [-0.4, -0.2) is 48.9 Å². The van der Waals surface area contributed by atoms with E-state index in [0.717, 1.165) is 5.41 Å². The SMILES string of the molecule is COC(=O)Nc1cc(CS(=O)(=O)/C=C/C2=C(OC)CC=C(OC)C=C2C(=O)N=[N+]=[N-])ccc1OC. The van der Waals surface area contributed by atoms with Crippen molar-refractivity contribution >= 4 is 27.5 Å². The molecule has 0 heterocycles. The van der Waals surface area contributed by atoms with Gasteiger partial charge in [-0.1, -0.05) is 6.07 Å². The summed E-state index contributed by atoms with van der Waals surface area (Å²) in [6, 6.07) is 4.48. The molecular weight excluding hydrogens is 480 g/mol. The van der Waals surface area contributed by atoms with Crippen molar-refractivity contribution in [3.63, 3.8) is 0 Å². The number of hydrogen-bond donors (Lipinski definition) is 1. The summed E-state index contributed by atoms with van der Waals surface area (Å²) >= 11 is 0. The maximum Gasteiger partial charge on any atom is 0.411 e. The van der Waals surface area contributed by atoms with Crippen molar-refractivity contribution in [1.29, 1.82) is 0 Å². The highest BCUT2D eigenvalue weighted by Gasteiger charge is 2.21. The largest absolute Gasteiger partial charge is 0.500 e. The zero-order chi connectivity index (χ0) is 26.0. The van der Waals surface area contributed by atoms with Crippen LogP contribution in [0, 0.1) is 0 Å². The van der Waals surface area contributed by atoms with Gasteiger partial charge in [0.2, 0.25) is 5.91 Å². The Morgan fingerprint density at radius 3 is 2.51 bits per heavy atom. The maximum atomic E-state index is 12.9. The van der Waals surface area contributed by atoms with Crippen LogP contribution >= 0.6 is 0 Å². The van der Waals surface area contributed by atoms with Crippen molar-refractivity contribution in [3.05, 3.63) is 80.5 Å². The van der Waals surface area contributed by atoms with Crippen molar-refractivity contribution in [2.45, 2.75) is 12.2 Å². The quantitative estimate of drug-likeness (QED) is 0.300. The van der Waals surface area contributed by atoms with E-state index in [1.165, 1.54) is 58.8 Å². The highest BCUT2D eigenvalue weighted by molar-refractivity contribution is 7.93. The zero-order valence-electron chi connectivity index (χ0n) is 19.5. The van der Waals surface area contributed by atoms with E-state index in [0.29, 0.717) is 17.1 Å². The third kappa shape index (κ3) is 7.39. The van der Waals surface area contributed by atoms with Crippen molar-refractivity contribution in [2.75, 3.05) is 33.8 Å².